The third-order valence-electron chi connectivity index (χ3n) is 7.26. The second-order valence-corrected chi connectivity index (χ2v) is 10.6. The molecule has 0 unspecified atom stereocenters. The van der Waals surface area contributed by atoms with Crippen molar-refractivity contribution in [3.8, 4) is 0 Å². The van der Waals surface area contributed by atoms with Crippen LogP contribution in [0.3, 0.4) is 0 Å². The minimum atomic E-state index is -4.66. The first-order valence-corrected chi connectivity index (χ1v) is 13.3. The van der Waals surface area contributed by atoms with Gasteiger partial charge in [-0.15, -0.1) is 0 Å². The number of nitrogens with one attached hydrogen (secondary N) is 1. The molecule has 2 atom stereocenters. The van der Waals surface area contributed by atoms with E-state index >= 15 is 0 Å². The molecule has 1 fully saturated rings. The van der Waals surface area contributed by atoms with Gasteiger partial charge in [0, 0.05) is 31.6 Å². The highest BCUT2D eigenvalue weighted by molar-refractivity contribution is 6.34. The lowest BCUT2D eigenvalue weighted by atomic mass is 9.95. The van der Waals surface area contributed by atoms with Crippen molar-refractivity contribution in [3.63, 3.8) is 0 Å². The van der Waals surface area contributed by atoms with Gasteiger partial charge in [0.05, 0.1) is 46.1 Å². The van der Waals surface area contributed by atoms with Gasteiger partial charge in [-0.2, -0.15) is 13.2 Å². The van der Waals surface area contributed by atoms with Gasteiger partial charge in [0.25, 0.3) is 0 Å². The lowest BCUT2D eigenvalue weighted by molar-refractivity contribution is -0.137. The predicted molar refractivity (Wildman–Crippen MR) is 152 cm³/mol. The molecule has 2 aromatic heterocycles. The lowest BCUT2D eigenvalue weighted by Crippen LogP contribution is -2.52. The molecule has 3 amide bonds. The van der Waals surface area contributed by atoms with Gasteiger partial charge in [0.2, 0.25) is 17.7 Å². The van der Waals surface area contributed by atoms with Crippen molar-refractivity contribution in [2.45, 2.75) is 32.1 Å². The number of nitrogens with zero attached hydrogens (tertiary/aromatic N) is 5. The number of para-hydroxylation sites is 1. The Balaban J connectivity index is 1.55. The van der Waals surface area contributed by atoms with E-state index in [9.17, 15) is 27.6 Å². The molecule has 0 aliphatic carbocycles. The average Bonchev–Trinajstić information content (AvgIpc) is 3.26. The third kappa shape index (κ3) is 5.54. The Morgan fingerprint density at radius 1 is 1.21 bits per heavy atom. The number of benzene rings is 1. The summed E-state index contributed by atoms with van der Waals surface area (Å²) in [4.78, 5) is 52.0. The van der Waals surface area contributed by atoms with E-state index in [0.29, 0.717) is 27.8 Å². The van der Waals surface area contributed by atoms with Crippen LogP contribution in [0.1, 0.15) is 23.4 Å². The Labute approximate surface area is 244 Å². The van der Waals surface area contributed by atoms with E-state index in [1.54, 1.807) is 37.4 Å². The number of fused-ring (bicyclic) bond motifs is 2. The molecule has 0 radical (unpaired) electrons. The molecule has 1 saturated heterocycles. The van der Waals surface area contributed by atoms with Gasteiger partial charge in [-0.05, 0) is 49.4 Å². The number of aromatic nitrogens is 2. The van der Waals surface area contributed by atoms with Gasteiger partial charge in [-0.1, -0.05) is 24.2 Å². The van der Waals surface area contributed by atoms with Crippen molar-refractivity contribution >= 4 is 52.2 Å². The second kappa shape index (κ2) is 11.1. The van der Waals surface area contributed by atoms with E-state index in [4.69, 9.17) is 11.6 Å². The van der Waals surface area contributed by atoms with Crippen molar-refractivity contribution in [2.24, 2.45) is 5.92 Å². The zero-order chi connectivity index (χ0) is 30.3. The van der Waals surface area contributed by atoms with Crippen LogP contribution in [0.4, 0.5) is 36.1 Å². The maximum atomic E-state index is 13.9. The monoisotopic (exact) mass is 598 g/mol. The molecule has 1 aromatic carbocycles. The number of alkyl halides is 3. The summed E-state index contributed by atoms with van der Waals surface area (Å²) in [5.74, 6) is -2.17. The third-order valence-corrected chi connectivity index (χ3v) is 7.56. The van der Waals surface area contributed by atoms with Crippen LogP contribution >= 0.6 is 11.6 Å². The maximum Gasteiger partial charge on any atom is 0.416 e. The average molecular weight is 599 g/mol. The normalized spacial score (nSPS) is 18.8. The molecule has 13 heteroatoms. The number of pyridine rings is 2. The largest absolute Gasteiger partial charge is 0.416 e. The zero-order valence-electron chi connectivity index (χ0n) is 22.7. The van der Waals surface area contributed by atoms with Crippen LogP contribution in [-0.2, 0) is 27.1 Å². The summed E-state index contributed by atoms with van der Waals surface area (Å²) in [5, 5.41) is 3.00. The summed E-state index contributed by atoms with van der Waals surface area (Å²) in [6, 6.07) is 9.09. The lowest BCUT2D eigenvalue weighted by Gasteiger charge is -2.39. The zero-order valence-corrected chi connectivity index (χ0v) is 23.4. The Morgan fingerprint density at radius 3 is 2.64 bits per heavy atom. The van der Waals surface area contributed by atoms with E-state index in [1.807, 2.05) is 4.90 Å². The molecule has 1 N–H and O–H groups in total. The quantitative estimate of drug-likeness (QED) is 0.416. The maximum absolute atomic E-state index is 13.9. The Bertz CT molecular complexity index is 1580. The number of carbonyl (C=O) groups is 3. The second-order valence-electron chi connectivity index (χ2n) is 10.1. The summed E-state index contributed by atoms with van der Waals surface area (Å²) in [6.45, 7) is 5.24. The standard InChI is InChI=1S/C29H26ClF3N6O3/c1-4-24(40)36-19-8-9-20(34-13-19)15-38-14-17-11-25(41)39(23-12-18(29(31,32)33)10-16(2)35-23)26(17)28(42)37(3)22-7-5-6-21(30)27(22)38/h4-10,12-13,17,26H,1,11,14-15H2,2-3H3,(H,36,40)/t17-,26+/m1/s1. The molecule has 218 valence electrons. The number of amides is 3. The molecule has 0 spiro atoms. The SMILES string of the molecule is C=CC(=O)Nc1ccc(CN2C[C@H]3CC(=O)N(c4cc(C(F)(F)F)cc(C)n4)[C@@H]3C(=O)N(C)c3cccc(Cl)c32)nc1. The number of carbonyl (C=O) groups excluding carboxylic acids is 3. The van der Waals surface area contributed by atoms with E-state index in [-0.39, 0.29) is 36.9 Å². The van der Waals surface area contributed by atoms with Gasteiger partial charge < -0.3 is 15.1 Å². The van der Waals surface area contributed by atoms with Crippen molar-refractivity contribution < 1.29 is 27.6 Å². The van der Waals surface area contributed by atoms with E-state index in [2.05, 4.69) is 21.9 Å². The molecule has 0 saturated carbocycles. The summed E-state index contributed by atoms with van der Waals surface area (Å²) < 4.78 is 40.9. The van der Waals surface area contributed by atoms with Crippen LogP contribution in [0.5, 0.6) is 0 Å². The summed E-state index contributed by atoms with van der Waals surface area (Å²) in [6.07, 6.45) is -2.10. The number of halogens is 4. The highest BCUT2D eigenvalue weighted by Crippen LogP contribution is 2.43. The fraction of sp³-hybridized carbons (Fsp3) is 0.276. The van der Waals surface area contributed by atoms with Crippen molar-refractivity contribution in [2.75, 3.05) is 33.6 Å². The smallest absolute Gasteiger partial charge is 0.362 e. The highest BCUT2D eigenvalue weighted by Gasteiger charge is 2.49. The predicted octanol–water partition coefficient (Wildman–Crippen LogP) is 4.99. The number of hydrogen-bond donors (Lipinski definition) is 1. The molecule has 2 aliphatic heterocycles. The van der Waals surface area contributed by atoms with Crippen LogP contribution in [-0.4, -0.2) is 47.3 Å². The molecule has 9 nitrogen and oxygen atoms in total. The van der Waals surface area contributed by atoms with Crippen LogP contribution in [0, 0.1) is 12.8 Å². The molecule has 5 rings (SSSR count). The van der Waals surface area contributed by atoms with Crippen LogP contribution in [0.25, 0.3) is 0 Å². The van der Waals surface area contributed by atoms with Gasteiger partial charge in [0.15, 0.2) is 0 Å². The highest BCUT2D eigenvalue weighted by atomic mass is 35.5. The Kier molecular flexibility index (Phi) is 7.67. The summed E-state index contributed by atoms with van der Waals surface area (Å²) in [7, 11) is 1.54. The molecule has 0 bridgehead atoms. The van der Waals surface area contributed by atoms with Crippen molar-refractivity contribution in [1.82, 2.24) is 9.97 Å². The molecule has 4 heterocycles. The number of hydrogen-bond acceptors (Lipinski definition) is 6. The summed E-state index contributed by atoms with van der Waals surface area (Å²) in [5.41, 5.74) is 1.22. The summed E-state index contributed by atoms with van der Waals surface area (Å²) >= 11 is 6.66. The van der Waals surface area contributed by atoms with Gasteiger partial charge in [-0.25, -0.2) is 4.98 Å². The van der Waals surface area contributed by atoms with Gasteiger partial charge in [-0.3, -0.25) is 24.3 Å². The first kappa shape index (κ1) is 29.1. The molecule has 42 heavy (non-hydrogen) atoms. The van der Waals surface area contributed by atoms with Crippen LogP contribution in [0.2, 0.25) is 5.02 Å². The Hall–Kier alpha value is -4.45. The number of rotatable bonds is 5. The molecular weight excluding hydrogens is 573 g/mol. The van der Waals surface area contributed by atoms with Crippen molar-refractivity contribution in [1.29, 1.82) is 0 Å². The van der Waals surface area contributed by atoms with E-state index < -0.39 is 35.5 Å². The number of likely N-dealkylation sites (N-methyl/N-ethyl adjacent to an activating group) is 1. The van der Waals surface area contributed by atoms with Crippen LogP contribution in [0.15, 0.2) is 61.3 Å². The Morgan fingerprint density at radius 2 is 1.98 bits per heavy atom. The molecule has 3 aromatic rings. The number of aryl methyl sites for hydroxylation is 1. The first-order chi connectivity index (χ1) is 19.9. The van der Waals surface area contributed by atoms with E-state index in [1.165, 1.54) is 18.0 Å². The van der Waals surface area contributed by atoms with E-state index in [0.717, 1.165) is 23.1 Å². The minimum absolute atomic E-state index is 0.0697. The molecular formula is C29H26ClF3N6O3. The first-order valence-electron chi connectivity index (χ1n) is 12.9. The topological polar surface area (TPSA) is 98.7 Å². The van der Waals surface area contributed by atoms with Gasteiger partial charge >= 0.3 is 6.18 Å². The van der Waals surface area contributed by atoms with Gasteiger partial charge in [0.1, 0.15) is 11.9 Å². The minimum Gasteiger partial charge on any atom is -0.362 e. The van der Waals surface area contributed by atoms with Crippen LogP contribution < -0.4 is 20.0 Å². The molecule has 2 aliphatic rings. The fourth-order valence-electron chi connectivity index (χ4n) is 5.39. The number of anilines is 4. The van der Waals surface area contributed by atoms with Crippen molar-refractivity contribution in [3.05, 3.63) is 83.3 Å². The fourth-order valence-corrected chi connectivity index (χ4v) is 5.68.